The van der Waals surface area contributed by atoms with Crippen molar-refractivity contribution in [3.05, 3.63) is 48.2 Å². The summed E-state index contributed by atoms with van der Waals surface area (Å²) in [6.45, 7) is 0. The first-order valence-corrected chi connectivity index (χ1v) is 7.82. The summed E-state index contributed by atoms with van der Waals surface area (Å²) in [5.74, 6) is -0.533. The molecular formula is C14H15NO6S. The topological polar surface area (TPSA) is 106 Å². The number of methoxy groups -OCH3 is 1. The second-order valence-electron chi connectivity index (χ2n) is 4.48. The zero-order valence-corrected chi connectivity index (χ0v) is 12.5. The fourth-order valence-corrected chi connectivity index (χ4v) is 3.05. The van der Waals surface area contributed by atoms with E-state index in [1.54, 1.807) is 24.3 Å². The number of carboxylic acids is 1. The number of benzene rings is 1. The van der Waals surface area contributed by atoms with Crippen LogP contribution < -0.4 is 9.46 Å². The summed E-state index contributed by atoms with van der Waals surface area (Å²) in [4.78, 5) is 11.0. The molecule has 8 heteroatoms. The lowest BCUT2D eigenvalue weighted by Gasteiger charge is -2.17. The predicted molar refractivity (Wildman–Crippen MR) is 77.0 cm³/mol. The van der Waals surface area contributed by atoms with Crippen molar-refractivity contribution in [2.24, 2.45) is 0 Å². The third-order valence-electron chi connectivity index (χ3n) is 2.95. The Morgan fingerprint density at radius 3 is 2.50 bits per heavy atom. The zero-order valence-electron chi connectivity index (χ0n) is 11.7. The number of furan rings is 1. The first-order chi connectivity index (χ1) is 10.4. The summed E-state index contributed by atoms with van der Waals surface area (Å²) in [6.07, 6.45) is 0.834. The first kappa shape index (κ1) is 16.1. The van der Waals surface area contributed by atoms with Crippen LogP contribution in [0.25, 0.3) is 0 Å². The van der Waals surface area contributed by atoms with Gasteiger partial charge in [-0.05, 0) is 29.8 Å². The highest BCUT2D eigenvalue weighted by Crippen LogP contribution is 2.23. The Morgan fingerprint density at radius 2 is 2.00 bits per heavy atom. The maximum atomic E-state index is 12.2. The second-order valence-corrected chi connectivity index (χ2v) is 6.12. The van der Waals surface area contributed by atoms with Crippen LogP contribution >= 0.6 is 0 Å². The number of nitrogens with one attached hydrogen (secondary N) is 1. The van der Waals surface area contributed by atoms with Gasteiger partial charge in [-0.15, -0.1) is 0 Å². The largest absolute Gasteiger partial charge is 0.497 e. The molecule has 1 unspecified atom stereocenters. The predicted octanol–water partition coefficient (Wildman–Crippen LogP) is 1.78. The summed E-state index contributed by atoms with van der Waals surface area (Å²) in [7, 11) is -2.43. The lowest BCUT2D eigenvalue weighted by molar-refractivity contribution is -0.137. The fraction of sp³-hybridized carbons (Fsp3) is 0.214. The van der Waals surface area contributed by atoms with Crippen molar-refractivity contribution in [2.45, 2.75) is 17.6 Å². The van der Waals surface area contributed by atoms with Crippen molar-refractivity contribution in [2.75, 3.05) is 7.11 Å². The quantitative estimate of drug-likeness (QED) is 0.804. The number of hydrogen-bond donors (Lipinski definition) is 2. The summed E-state index contributed by atoms with van der Waals surface area (Å²) >= 11 is 0. The molecule has 1 atom stereocenters. The van der Waals surface area contributed by atoms with Gasteiger partial charge >= 0.3 is 5.97 Å². The van der Waals surface area contributed by atoms with Gasteiger partial charge in [-0.1, -0.05) is 12.1 Å². The maximum absolute atomic E-state index is 12.2. The molecule has 0 saturated carbocycles. The molecule has 2 aromatic rings. The molecule has 118 valence electrons. The Kier molecular flexibility index (Phi) is 4.84. The van der Waals surface area contributed by atoms with Gasteiger partial charge in [0, 0.05) is 0 Å². The summed E-state index contributed by atoms with van der Waals surface area (Å²) in [5, 5.41) is 8.72. The highest BCUT2D eigenvalue weighted by molar-refractivity contribution is 7.89. The molecule has 0 aliphatic rings. The number of carbonyl (C=O) groups is 1. The SMILES string of the molecule is COc1ccc(C(CC(=O)O)NS(=O)(=O)c2ccco2)cc1. The van der Waals surface area contributed by atoms with Crippen LogP contribution in [-0.4, -0.2) is 26.6 Å². The van der Waals surface area contributed by atoms with Crippen LogP contribution in [0.5, 0.6) is 5.75 Å². The molecule has 1 aromatic heterocycles. The molecule has 0 aliphatic carbocycles. The van der Waals surface area contributed by atoms with Crippen LogP contribution in [0.4, 0.5) is 0 Å². The van der Waals surface area contributed by atoms with E-state index in [0.29, 0.717) is 11.3 Å². The average Bonchev–Trinajstić information content (AvgIpc) is 3.01. The van der Waals surface area contributed by atoms with Crippen LogP contribution in [0.3, 0.4) is 0 Å². The smallest absolute Gasteiger partial charge is 0.305 e. The van der Waals surface area contributed by atoms with Crippen molar-refractivity contribution in [1.29, 1.82) is 0 Å². The van der Waals surface area contributed by atoms with Crippen molar-refractivity contribution in [3.8, 4) is 5.75 Å². The van der Waals surface area contributed by atoms with Gasteiger partial charge in [-0.3, -0.25) is 4.79 Å². The third kappa shape index (κ3) is 3.86. The van der Waals surface area contributed by atoms with Crippen molar-refractivity contribution in [1.82, 2.24) is 4.72 Å². The third-order valence-corrected chi connectivity index (χ3v) is 4.31. The van der Waals surface area contributed by atoms with Crippen LogP contribution in [0, 0.1) is 0 Å². The van der Waals surface area contributed by atoms with E-state index < -0.39 is 28.5 Å². The molecule has 22 heavy (non-hydrogen) atoms. The Bertz CT molecular complexity index is 721. The molecule has 0 spiro atoms. The number of hydrogen-bond acceptors (Lipinski definition) is 5. The molecule has 0 fully saturated rings. The van der Waals surface area contributed by atoms with Crippen LogP contribution in [-0.2, 0) is 14.8 Å². The number of carboxylic acid groups (broad SMARTS) is 1. The van der Waals surface area contributed by atoms with Crippen molar-refractivity contribution in [3.63, 3.8) is 0 Å². The van der Waals surface area contributed by atoms with Crippen molar-refractivity contribution >= 4 is 16.0 Å². The Hall–Kier alpha value is -2.32. The highest BCUT2D eigenvalue weighted by Gasteiger charge is 2.25. The minimum absolute atomic E-state index is 0.267. The van der Waals surface area contributed by atoms with Crippen LogP contribution in [0.15, 0.2) is 52.2 Å². The van der Waals surface area contributed by atoms with E-state index in [0.717, 1.165) is 0 Å². The molecule has 2 N–H and O–H groups in total. The lowest BCUT2D eigenvalue weighted by Crippen LogP contribution is -2.30. The Morgan fingerprint density at radius 1 is 1.32 bits per heavy atom. The van der Waals surface area contributed by atoms with E-state index in [-0.39, 0.29) is 5.09 Å². The zero-order chi connectivity index (χ0) is 16.2. The molecular weight excluding hydrogens is 310 g/mol. The molecule has 0 radical (unpaired) electrons. The fourth-order valence-electron chi connectivity index (χ4n) is 1.90. The van der Waals surface area contributed by atoms with Gasteiger partial charge in [0.05, 0.1) is 25.8 Å². The molecule has 1 heterocycles. The van der Waals surface area contributed by atoms with E-state index in [1.807, 2.05) is 0 Å². The van der Waals surface area contributed by atoms with Gasteiger partial charge in [0.25, 0.3) is 10.0 Å². The molecule has 7 nitrogen and oxygen atoms in total. The number of rotatable bonds is 7. The minimum atomic E-state index is -3.94. The van der Waals surface area contributed by atoms with E-state index in [9.17, 15) is 13.2 Å². The highest BCUT2D eigenvalue weighted by atomic mass is 32.2. The van der Waals surface area contributed by atoms with E-state index >= 15 is 0 Å². The van der Waals surface area contributed by atoms with Crippen molar-refractivity contribution < 1.29 is 27.5 Å². The normalized spacial score (nSPS) is 12.8. The van der Waals surface area contributed by atoms with Gasteiger partial charge in [-0.25, -0.2) is 13.1 Å². The van der Waals surface area contributed by atoms with E-state index in [4.69, 9.17) is 14.3 Å². The maximum Gasteiger partial charge on any atom is 0.305 e. The molecule has 1 aromatic carbocycles. The molecule has 0 amide bonds. The Labute approximate surface area is 127 Å². The second kappa shape index (κ2) is 6.63. The molecule has 0 bridgehead atoms. The van der Waals surface area contributed by atoms with Gasteiger partial charge in [0.2, 0.25) is 5.09 Å². The monoisotopic (exact) mass is 325 g/mol. The number of aliphatic carboxylic acids is 1. The minimum Gasteiger partial charge on any atom is -0.497 e. The number of sulfonamides is 1. The Balaban J connectivity index is 2.28. The molecule has 2 rings (SSSR count). The van der Waals surface area contributed by atoms with Gasteiger partial charge < -0.3 is 14.3 Å². The summed E-state index contributed by atoms with van der Waals surface area (Å²) in [5.41, 5.74) is 0.512. The first-order valence-electron chi connectivity index (χ1n) is 6.34. The van der Waals surface area contributed by atoms with Crippen LogP contribution in [0.1, 0.15) is 18.0 Å². The van der Waals surface area contributed by atoms with Crippen LogP contribution in [0.2, 0.25) is 0 Å². The van der Waals surface area contributed by atoms with Gasteiger partial charge in [0.15, 0.2) is 0 Å². The van der Waals surface area contributed by atoms with E-state index in [1.165, 1.54) is 25.5 Å². The number of ether oxygens (including phenoxy) is 1. The molecule has 0 saturated heterocycles. The van der Waals surface area contributed by atoms with E-state index in [2.05, 4.69) is 4.72 Å². The summed E-state index contributed by atoms with van der Waals surface area (Å²) < 4.78 is 36.5. The lowest BCUT2D eigenvalue weighted by atomic mass is 10.0. The van der Waals surface area contributed by atoms with Gasteiger partial charge in [-0.2, -0.15) is 0 Å². The van der Waals surface area contributed by atoms with Gasteiger partial charge in [0.1, 0.15) is 5.75 Å². The summed E-state index contributed by atoms with van der Waals surface area (Å²) in [6, 6.07) is 8.28. The standard InChI is InChI=1S/C14H15NO6S/c1-20-11-6-4-10(5-7-11)12(9-13(16)17)15-22(18,19)14-3-2-8-21-14/h2-8,12,15H,9H2,1H3,(H,16,17). The molecule has 0 aliphatic heterocycles. The average molecular weight is 325 g/mol.